The highest BCUT2D eigenvalue weighted by molar-refractivity contribution is 6.03. The molecule has 166 valence electrons. The van der Waals surface area contributed by atoms with Gasteiger partial charge in [-0.2, -0.15) is 9.97 Å². The smallest absolute Gasteiger partial charge is 0.320 e. The van der Waals surface area contributed by atoms with Gasteiger partial charge in [0, 0.05) is 19.6 Å². The Labute approximate surface area is 183 Å². The molecule has 31 heavy (non-hydrogen) atoms. The molecule has 4 rings (SSSR count). The number of nitrogens with two attached hydrogens (primary N) is 1. The van der Waals surface area contributed by atoms with Crippen LogP contribution in [0.25, 0.3) is 0 Å². The van der Waals surface area contributed by atoms with Crippen molar-refractivity contribution in [1.29, 1.82) is 0 Å². The lowest BCUT2D eigenvalue weighted by atomic mass is 10.1. The normalized spacial score (nSPS) is 18.7. The molecular formula is C23H32N6O2. The molecule has 2 aliphatic heterocycles. The van der Waals surface area contributed by atoms with E-state index >= 15 is 0 Å². The molecular weight excluding hydrogens is 392 g/mol. The highest BCUT2D eigenvalue weighted by Gasteiger charge is 2.27. The molecule has 0 aliphatic carbocycles. The van der Waals surface area contributed by atoms with E-state index in [1.807, 2.05) is 4.90 Å². The summed E-state index contributed by atoms with van der Waals surface area (Å²) in [5.41, 5.74) is 8.98. The minimum absolute atomic E-state index is 0.123. The number of ether oxygens (including phenoxy) is 1. The second-order valence-corrected chi connectivity index (χ2v) is 8.64. The van der Waals surface area contributed by atoms with Gasteiger partial charge in [0.25, 0.3) is 0 Å². The van der Waals surface area contributed by atoms with Crippen LogP contribution in [0.15, 0.2) is 24.3 Å². The predicted molar refractivity (Wildman–Crippen MR) is 122 cm³/mol. The average Bonchev–Trinajstić information content (AvgIpc) is 3.15. The molecule has 2 aliphatic rings. The van der Waals surface area contributed by atoms with Gasteiger partial charge in [-0.1, -0.05) is 44.5 Å². The number of benzene rings is 1. The van der Waals surface area contributed by atoms with E-state index in [-0.39, 0.29) is 24.3 Å². The van der Waals surface area contributed by atoms with Gasteiger partial charge in [-0.05, 0) is 36.4 Å². The Morgan fingerprint density at radius 3 is 2.61 bits per heavy atom. The van der Waals surface area contributed by atoms with E-state index in [0.717, 1.165) is 30.9 Å². The van der Waals surface area contributed by atoms with E-state index in [1.165, 1.54) is 25.1 Å². The van der Waals surface area contributed by atoms with Crippen molar-refractivity contribution in [1.82, 2.24) is 14.9 Å². The number of fused-ring (bicyclic) bond motifs is 1. The van der Waals surface area contributed by atoms with Gasteiger partial charge in [0.2, 0.25) is 5.91 Å². The lowest BCUT2D eigenvalue weighted by molar-refractivity contribution is -0.115. The van der Waals surface area contributed by atoms with Crippen molar-refractivity contribution in [3.63, 3.8) is 0 Å². The number of unbranched alkanes of at least 4 members (excludes halogenated alkanes) is 1. The Bertz CT molecular complexity index is 917. The first kappa shape index (κ1) is 21.4. The van der Waals surface area contributed by atoms with Gasteiger partial charge in [-0.3, -0.25) is 9.69 Å². The number of carbonyl (C=O) groups is 1. The summed E-state index contributed by atoms with van der Waals surface area (Å²) in [6, 6.07) is 8.86. The first-order chi connectivity index (χ1) is 15.0. The first-order valence-electron chi connectivity index (χ1n) is 11.2. The molecule has 0 spiro atoms. The predicted octanol–water partition coefficient (Wildman–Crippen LogP) is 3.04. The Balaban J connectivity index is 1.47. The van der Waals surface area contributed by atoms with Crippen molar-refractivity contribution in [3.8, 4) is 6.01 Å². The van der Waals surface area contributed by atoms with Gasteiger partial charge >= 0.3 is 6.01 Å². The Morgan fingerprint density at radius 1 is 1.19 bits per heavy atom. The molecule has 0 bridgehead atoms. The number of hydrogen-bond donors (Lipinski definition) is 2. The maximum absolute atomic E-state index is 12.2. The summed E-state index contributed by atoms with van der Waals surface area (Å²) < 4.78 is 5.66. The molecule has 1 saturated heterocycles. The van der Waals surface area contributed by atoms with Gasteiger partial charge in [-0.15, -0.1) is 0 Å². The fourth-order valence-corrected chi connectivity index (χ4v) is 4.12. The van der Waals surface area contributed by atoms with E-state index in [9.17, 15) is 4.79 Å². The van der Waals surface area contributed by atoms with Gasteiger partial charge < -0.3 is 20.7 Å². The molecule has 8 nitrogen and oxygen atoms in total. The van der Waals surface area contributed by atoms with Gasteiger partial charge in [0.1, 0.15) is 5.69 Å². The van der Waals surface area contributed by atoms with Crippen molar-refractivity contribution >= 4 is 23.2 Å². The quantitative estimate of drug-likeness (QED) is 0.629. The van der Waals surface area contributed by atoms with E-state index in [0.29, 0.717) is 24.7 Å². The second-order valence-electron chi connectivity index (χ2n) is 8.64. The first-order valence-corrected chi connectivity index (χ1v) is 11.2. The topological polar surface area (TPSA) is 96.6 Å². The number of nitrogens with zero attached hydrogens (tertiary/aromatic N) is 4. The van der Waals surface area contributed by atoms with Crippen LogP contribution < -0.4 is 20.7 Å². The van der Waals surface area contributed by atoms with Crippen molar-refractivity contribution in [2.45, 2.75) is 46.2 Å². The number of likely N-dealkylation sites (tertiary alicyclic amines) is 1. The lowest BCUT2D eigenvalue weighted by Gasteiger charge is -2.30. The van der Waals surface area contributed by atoms with Crippen LogP contribution in [-0.4, -0.2) is 47.0 Å². The number of amides is 1. The van der Waals surface area contributed by atoms with E-state index in [1.54, 1.807) is 0 Å². The summed E-state index contributed by atoms with van der Waals surface area (Å²) in [5.74, 6) is 1.50. The van der Waals surface area contributed by atoms with Crippen LogP contribution >= 0.6 is 0 Å². The van der Waals surface area contributed by atoms with Crippen LogP contribution in [0, 0.1) is 5.92 Å². The maximum atomic E-state index is 12.2. The van der Waals surface area contributed by atoms with Gasteiger partial charge in [-0.25, -0.2) is 0 Å². The Morgan fingerprint density at radius 2 is 1.94 bits per heavy atom. The highest BCUT2D eigenvalue weighted by atomic mass is 16.5. The summed E-state index contributed by atoms with van der Waals surface area (Å²) in [6.45, 7) is 9.06. The Hall–Kier alpha value is -2.87. The number of carbonyl (C=O) groups excluding carboxylic acids is 1. The number of anilines is 3. The molecule has 1 unspecified atom stereocenters. The number of rotatable bonds is 8. The third-order valence-electron chi connectivity index (χ3n) is 5.84. The van der Waals surface area contributed by atoms with Crippen LogP contribution in [0.1, 0.15) is 44.2 Å². The fourth-order valence-electron chi connectivity index (χ4n) is 4.12. The van der Waals surface area contributed by atoms with E-state index in [4.69, 9.17) is 10.5 Å². The molecule has 1 amide bonds. The van der Waals surface area contributed by atoms with Crippen LogP contribution in [0.2, 0.25) is 0 Å². The zero-order valence-corrected chi connectivity index (χ0v) is 18.4. The molecule has 3 N–H and O–H groups in total. The lowest BCUT2D eigenvalue weighted by Crippen LogP contribution is -2.39. The molecule has 1 atom stereocenters. The summed E-state index contributed by atoms with van der Waals surface area (Å²) >= 11 is 0. The zero-order chi connectivity index (χ0) is 21.8. The van der Waals surface area contributed by atoms with Crippen molar-refractivity contribution < 1.29 is 9.53 Å². The zero-order valence-electron chi connectivity index (χ0n) is 18.4. The van der Waals surface area contributed by atoms with Crippen LogP contribution in [0.4, 0.5) is 17.3 Å². The van der Waals surface area contributed by atoms with E-state index < -0.39 is 0 Å². The van der Waals surface area contributed by atoms with Gasteiger partial charge in [0.05, 0.1) is 13.2 Å². The number of nitrogen functional groups attached to an aromatic ring is 1. The molecule has 3 heterocycles. The molecule has 2 aromatic rings. The molecule has 1 aromatic heterocycles. The minimum Gasteiger partial charge on any atom is -0.463 e. The number of nitrogens with one attached hydrogen (secondary N) is 1. The summed E-state index contributed by atoms with van der Waals surface area (Å²) in [5, 5.41) is 2.80. The van der Waals surface area contributed by atoms with Gasteiger partial charge in [0.15, 0.2) is 11.6 Å². The van der Waals surface area contributed by atoms with Crippen LogP contribution in [-0.2, 0) is 17.9 Å². The summed E-state index contributed by atoms with van der Waals surface area (Å²) in [7, 11) is 0. The largest absolute Gasteiger partial charge is 0.463 e. The third-order valence-corrected chi connectivity index (χ3v) is 5.84. The summed E-state index contributed by atoms with van der Waals surface area (Å²) in [4.78, 5) is 25.4. The van der Waals surface area contributed by atoms with Crippen molar-refractivity contribution in [2.24, 2.45) is 5.92 Å². The monoisotopic (exact) mass is 424 g/mol. The SMILES string of the molecule is CCCCOc1nc(N)c2c(n1)N(Cc1ccc(CN3CCC(C)C3)cc1)CC(=O)N2. The fraction of sp³-hybridized carbons (Fsp3) is 0.522. The summed E-state index contributed by atoms with van der Waals surface area (Å²) in [6.07, 6.45) is 3.22. The number of hydrogen-bond acceptors (Lipinski definition) is 7. The number of aromatic nitrogens is 2. The third kappa shape index (κ3) is 5.25. The standard InChI is InChI=1S/C23H32N6O2/c1-3-4-11-31-23-26-21(24)20-22(27-23)29(15-19(30)25-20)14-18-7-5-17(6-8-18)13-28-10-9-16(2)12-28/h5-8,16H,3-4,9-15H2,1-2H3,(H,25,30)(H2,24,26,27). The molecule has 1 aromatic carbocycles. The highest BCUT2D eigenvalue weighted by Crippen LogP contribution is 2.34. The molecule has 0 saturated carbocycles. The minimum atomic E-state index is -0.123. The van der Waals surface area contributed by atoms with E-state index in [2.05, 4.69) is 58.3 Å². The second kappa shape index (κ2) is 9.51. The van der Waals surface area contributed by atoms with Crippen molar-refractivity contribution in [2.75, 3.05) is 42.2 Å². The average molecular weight is 425 g/mol. The molecule has 0 radical (unpaired) electrons. The van der Waals surface area contributed by atoms with Crippen LogP contribution in [0.3, 0.4) is 0 Å². The molecule has 8 heteroatoms. The maximum Gasteiger partial charge on any atom is 0.320 e. The van der Waals surface area contributed by atoms with Crippen LogP contribution in [0.5, 0.6) is 6.01 Å². The molecule has 1 fully saturated rings. The Kier molecular flexibility index (Phi) is 6.56. The van der Waals surface area contributed by atoms with Crippen molar-refractivity contribution in [3.05, 3.63) is 35.4 Å².